The number of thiophene rings is 1. The van der Waals surface area contributed by atoms with E-state index in [2.05, 4.69) is 32.0 Å². The molecule has 1 aromatic heterocycles. The number of hydrogen-bond acceptors (Lipinski definition) is 1. The van der Waals surface area contributed by atoms with Crippen molar-refractivity contribution in [3.05, 3.63) is 33.7 Å². The molecule has 0 bridgehead atoms. The topological polar surface area (TPSA) is 0 Å². The van der Waals surface area contributed by atoms with Gasteiger partial charge < -0.3 is 0 Å². The highest BCUT2D eigenvalue weighted by atomic mass is 35.5. The Bertz CT molecular complexity index is 443. The maximum atomic E-state index is 6.24. The van der Waals surface area contributed by atoms with E-state index in [0.717, 1.165) is 11.4 Å². The predicted octanol–water partition coefficient (Wildman–Crippen LogP) is 4.43. The highest BCUT2D eigenvalue weighted by Gasteiger charge is 2.07. The zero-order valence-corrected chi connectivity index (χ0v) is 9.30. The van der Waals surface area contributed by atoms with Crippen LogP contribution in [-0.2, 0) is 6.42 Å². The average molecular weight is 211 g/mol. The molecule has 68 valence electrons. The number of rotatable bonds is 1. The number of fused-ring (bicyclic) bond motifs is 1. The van der Waals surface area contributed by atoms with E-state index in [1.807, 2.05) is 0 Å². The summed E-state index contributed by atoms with van der Waals surface area (Å²) in [6.45, 7) is 4.24. The van der Waals surface area contributed by atoms with Crippen molar-refractivity contribution in [3.63, 3.8) is 0 Å². The Morgan fingerprint density at radius 1 is 1.38 bits per heavy atom. The van der Waals surface area contributed by atoms with Gasteiger partial charge in [0.05, 0.1) is 5.02 Å². The van der Waals surface area contributed by atoms with Crippen molar-refractivity contribution in [2.75, 3.05) is 0 Å². The zero-order valence-electron chi connectivity index (χ0n) is 7.73. The van der Waals surface area contributed by atoms with Crippen molar-refractivity contribution in [3.8, 4) is 0 Å². The van der Waals surface area contributed by atoms with E-state index >= 15 is 0 Å². The molecule has 0 fully saturated rings. The van der Waals surface area contributed by atoms with Gasteiger partial charge in [0.1, 0.15) is 0 Å². The van der Waals surface area contributed by atoms with Gasteiger partial charge in [0.15, 0.2) is 0 Å². The van der Waals surface area contributed by atoms with Crippen molar-refractivity contribution >= 4 is 33.0 Å². The number of aryl methyl sites for hydroxylation is 2. The molecule has 2 aromatic rings. The molecule has 0 aliphatic heterocycles. The van der Waals surface area contributed by atoms with Crippen LogP contribution in [0.1, 0.15) is 17.4 Å². The molecule has 0 saturated heterocycles. The predicted molar refractivity (Wildman–Crippen MR) is 61.0 cm³/mol. The van der Waals surface area contributed by atoms with Crippen molar-refractivity contribution in [2.24, 2.45) is 0 Å². The molecule has 0 atom stereocenters. The second-order valence-corrected chi connectivity index (χ2v) is 4.71. The Kier molecular flexibility index (Phi) is 2.31. The van der Waals surface area contributed by atoms with Crippen LogP contribution in [-0.4, -0.2) is 0 Å². The first-order valence-electron chi connectivity index (χ1n) is 4.40. The monoisotopic (exact) mass is 210 g/mol. The smallest absolute Gasteiger partial charge is 0.0623 e. The molecular formula is C11H11ClS. The molecule has 0 amide bonds. The second kappa shape index (κ2) is 3.32. The third-order valence-electron chi connectivity index (χ3n) is 2.17. The highest BCUT2D eigenvalue weighted by Crippen LogP contribution is 2.35. The molecule has 1 heterocycles. The third-order valence-corrected chi connectivity index (χ3v) is 4.03. The summed E-state index contributed by atoms with van der Waals surface area (Å²) in [5.41, 5.74) is 1.27. The largest absolute Gasteiger partial charge is 0.139 e. The molecule has 0 aliphatic rings. The van der Waals surface area contributed by atoms with Crippen molar-refractivity contribution in [2.45, 2.75) is 20.3 Å². The Morgan fingerprint density at radius 3 is 2.85 bits per heavy atom. The van der Waals surface area contributed by atoms with Gasteiger partial charge in [-0.05, 0) is 25.5 Å². The summed E-state index contributed by atoms with van der Waals surface area (Å²) in [7, 11) is 0. The molecule has 0 aliphatic carbocycles. The Labute approximate surface area is 87.2 Å². The molecule has 0 spiro atoms. The van der Waals surface area contributed by atoms with E-state index in [9.17, 15) is 0 Å². The number of benzene rings is 1. The minimum atomic E-state index is 0.950. The summed E-state index contributed by atoms with van der Waals surface area (Å²) in [6, 6.07) is 6.45. The Hall–Kier alpha value is -0.530. The lowest BCUT2D eigenvalue weighted by Crippen LogP contribution is -1.72. The Morgan fingerprint density at radius 2 is 2.15 bits per heavy atom. The van der Waals surface area contributed by atoms with Gasteiger partial charge in [-0.1, -0.05) is 30.2 Å². The molecular weight excluding hydrogens is 200 g/mol. The number of hydrogen-bond donors (Lipinski definition) is 0. The van der Waals surface area contributed by atoms with Gasteiger partial charge in [-0.3, -0.25) is 0 Å². The molecule has 0 unspecified atom stereocenters. The van der Waals surface area contributed by atoms with E-state index in [1.54, 1.807) is 11.3 Å². The van der Waals surface area contributed by atoms with E-state index in [-0.39, 0.29) is 0 Å². The molecule has 0 saturated carbocycles. The van der Waals surface area contributed by atoms with E-state index in [4.69, 9.17) is 11.6 Å². The average Bonchev–Trinajstić information content (AvgIpc) is 2.44. The molecule has 1 aromatic carbocycles. The van der Waals surface area contributed by atoms with Crippen LogP contribution in [0.15, 0.2) is 18.2 Å². The highest BCUT2D eigenvalue weighted by molar-refractivity contribution is 7.19. The Balaban J connectivity index is 2.77. The van der Waals surface area contributed by atoms with Crippen LogP contribution in [0.4, 0.5) is 0 Å². The maximum Gasteiger partial charge on any atom is 0.0623 e. The molecule has 0 nitrogen and oxygen atoms in total. The van der Waals surface area contributed by atoms with E-state index in [1.165, 1.54) is 20.5 Å². The first kappa shape index (κ1) is 9.04. The summed E-state index contributed by atoms with van der Waals surface area (Å²) in [5, 5.41) is 2.16. The second-order valence-electron chi connectivity index (χ2n) is 3.19. The van der Waals surface area contributed by atoms with Crippen molar-refractivity contribution in [1.29, 1.82) is 0 Å². The first-order valence-corrected chi connectivity index (χ1v) is 5.59. The van der Waals surface area contributed by atoms with Crippen LogP contribution in [0.3, 0.4) is 0 Å². The van der Waals surface area contributed by atoms with Crippen LogP contribution < -0.4 is 0 Å². The lowest BCUT2D eigenvalue weighted by Gasteiger charge is -1.92. The van der Waals surface area contributed by atoms with Gasteiger partial charge in [0, 0.05) is 15.0 Å². The van der Waals surface area contributed by atoms with E-state index in [0.29, 0.717) is 0 Å². The van der Waals surface area contributed by atoms with Crippen LogP contribution in [0.2, 0.25) is 5.02 Å². The number of halogens is 1. The normalized spacial score (nSPS) is 11.0. The van der Waals surface area contributed by atoms with Crippen LogP contribution >= 0.6 is 22.9 Å². The molecule has 2 rings (SSSR count). The third kappa shape index (κ3) is 1.47. The zero-order chi connectivity index (χ0) is 9.42. The van der Waals surface area contributed by atoms with Gasteiger partial charge in [-0.25, -0.2) is 0 Å². The quantitative estimate of drug-likeness (QED) is 0.654. The lowest BCUT2D eigenvalue weighted by molar-refractivity contribution is 1.19. The lowest BCUT2D eigenvalue weighted by atomic mass is 10.2. The summed E-state index contributed by atoms with van der Waals surface area (Å²) < 4.78 is 1.30. The molecule has 0 N–H and O–H groups in total. The van der Waals surface area contributed by atoms with Gasteiger partial charge in [-0.2, -0.15) is 0 Å². The summed E-state index contributed by atoms with van der Waals surface area (Å²) >= 11 is 8.04. The van der Waals surface area contributed by atoms with Crippen molar-refractivity contribution < 1.29 is 0 Å². The first-order chi connectivity index (χ1) is 6.22. The van der Waals surface area contributed by atoms with Crippen LogP contribution in [0.5, 0.6) is 0 Å². The summed E-state index contributed by atoms with van der Waals surface area (Å²) in [6.07, 6.45) is 1.03. The van der Waals surface area contributed by atoms with Crippen molar-refractivity contribution in [1.82, 2.24) is 0 Å². The fourth-order valence-electron chi connectivity index (χ4n) is 1.46. The van der Waals surface area contributed by atoms with Gasteiger partial charge in [-0.15, -0.1) is 11.3 Å². The van der Waals surface area contributed by atoms with E-state index < -0.39 is 0 Å². The SMILES string of the molecule is CCc1sc2ccc(C)cc2c1Cl. The van der Waals surface area contributed by atoms with Gasteiger partial charge >= 0.3 is 0 Å². The minimum absolute atomic E-state index is 0.950. The fraction of sp³-hybridized carbons (Fsp3) is 0.273. The molecule has 0 radical (unpaired) electrons. The molecule has 13 heavy (non-hydrogen) atoms. The minimum Gasteiger partial charge on any atom is -0.139 e. The maximum absolute atomic E-state index is 6.24. The summed E-state index contributed by atoms with van der Waals surface area (Å²) in [5.74, 6) is 0. The van der Waals surface area contributed by atoms with Gasteiger partial charge in [0.2, 0.25) is 0 Å². The summed E-state index contributed by atoms with van der Waals surface area (Å²) in [4.78, 5) is 1.29. The van der Waals surface area contributed by atoms with Gasteiger partial charge in [0.25, 0.3) is 0 Å². The van der Waals surface area contributed by atoms with Crippen LogP contribution in [0, 0.1) is 6.92 Å². The van der Waals surface area contributed by atoms with Crippen LogP contribution in [0.25, 0.3) is 10.1 Å². The standard InChI is InChI=1S/C11H11ClS/c1-3-9-11(12)8-6-7(2)4-5-10(8)13-9/h4-6H,3H2,1-2H3. The fourth-order valence-corrected chi connectivity index (χ4v) is 2.94. The molecule has 2 heteroatoms.